The Kier molecular flexibility index (Phi) is 56.0. The van der Waals surface area contributed by atoms with Gasteiger partial charge in [-0.05, 0) is 89.9 Å². The standard InChI is InChI=1S/C62H117NO5/c1-3-5-7-9-11-13-15-17-19-21-22-23-24-25-27-28-30-34-38-42-46-50-54-60(65)59(58-64)63-61(66)55-51-47-43-39-35-32-33-37-41-45-49-53-57-68-62(67)56-52-48-44-40-36-31-29-26-20-18-16-14-12-10-8-6-4-2/h18,20,33,37,50,54,59-60,64-65H,3-17,19,21-32,34-36,38-49,51-53,55-58H2,1-2H3,(H,63,66)/b20-18-,37-33-,54-50+. The minimum absolute atomic E-state index is 0.0273. The van der Waals surface area contributed by atoms with Gasteiger partial charge in [0.05, 0.1) is 25.4 Å². The van der Waals surface area contributed by atoms with Crippen molar-refractivity contribution in [2.45, 2.75) is 334 Å². The van der Waals surface area contributed by atoms with Crippen LogP contribution in [0, 0.1) is 0 Å². The van der Waals surface area contributed by atoms with Crippen LogP contribution in [-0.4, -0.2) is 47.4 Å². The lowest BCUT2D eigenvalue weighted by Crippen LogP contribution is -2.45. The van der Waals surface area contributed by atoms with Crippen molar-refractivity contribution in [3.8, 4) is 0 Å². The topological polar surface area (TPSA) is 95.9 Å². The Morgan fingerprint density at radius 3 is 1.04 bits per heavy atom. The molecule has 0 aromatic rings. The molecule has 0 saturated carbocycles. The van der Waals surface area contributed by atoms with Crippen molar-refractivity contribution >= 4 is 11.9 Å². The maximum atomic E-state index is 12.5. The molecule has 6 heteroatoms. The molecule has 3 N–H and O–H groups in total. The van der Waals surface area contributed by atoms with Crippen molar-refractivity contribution in [3.05, 3.63) is 36.5 Å². The van der Waals surface area contributed by atoms with Gasteiger partial charge in [0.1, 0.15) is 0 Å². The van der Waals surface area contributed by atoms with Crippen molar-refractivity contribution in [2.24, 2.45) is 0 Å². The zero-order valence-electron chi connectivity index (χ0n) is 45.6. The van der Waals surface area contributed by atoms with Gasteiger partial charge in [0.2, 0.25) is 5.91 Å². The van der Waals surface area contributed by atoms with Crippen LogP contribution in [0.4, 0.5) is 0 Å². The van der Waals surface area contributed by atoms with Gasteiger partial charge in [0, 0.05) is 12.8 Å². The Labute approximate surface area is 424 Å². The number of allylic oxidation sites excluding steroid dienone is 5. The third-order valence-corrected chi connectivity index (χ3v) is 13.9. The maximum Gasteiger partial charge on any atom is 0.305 e. The van der Waals surface area contributed by atoms with E-state index >= 15 is 0 Å². The van der Waals surface area contributed by atoms with Crippen LogP contribution in [0.2, 0.25) is 0 Å². The molecular formula is C62H117NO5. The molecule has 1 amide bonds. The van der Waals surface area contributed by atoms with Crippen molar-refractivity contribution in [3.63, 3.8) is 0 Å². The Balaban J connectivity index is 3.52. The number of carbonyl (C=O) groups excluding carboxylic acids is 2. The van der Waals surface area contributed by atoms with Crippen LogP contribution in [-0.2, 0) is 14.3 Å². The summed E-state index contributed by atoms with van der Waals surface area (Å²) < 4.78 is 5.46. The molecule has 0 aliphatic heterocycles. The molecule has 2 atom stereocenters. The number of aliphatic hydroxyl groups is 2. The molecule has 0 rings (SSSR count). The molecule has 6 nitrogen and oxygen atoms in total. The summed E-state index contributed by atoms with van der Waals surface area (Å²) in [5.41, 5.74) is 0. The molecule has 0 radical (unpaired) electrons. The minimum Gasteiger partial charge on any atom is -0.466 e. The lowest BCUT2D eigenvalue weighted by Gasteiger charge is -2.20. The predicted octanol–water partition coefficient (Wildman–Crippen LogP) is 18.8. The molecular weight excluding hydrogens is 839 g/mol. The molecule has 0 aliphatic carbocycles. The van der Waals surface area contributed by atoms with E-state index in [2.05, 4.69) is 43.5 Å². The van der Waals surface area contributed by atoms with Gasteiger partial charge in [0.15, 0.2) is 0 Å². The first kappa shape index (κ1) is 66.1. The Bertz CT molecular complexity index is 1100. The third kappa shape index (κ3) is 53.4. The number of esters is 1. The van der Waals surface area contributed by atoms with Crippen LogP contribution in [0.5, 0.6) is 0 Å². The number of ether oxygens (including phenoxy) is 1. The summed E-state index contributed by atoms with van der Waals surface area (Å²) in [6.45, 7) is 4.86. The first-order valence-corrected chi connectivity index (χ1v) is 30.3. The lowest BCUT2D eigenvalue weighted by atomic mass is 10.0. The molecule has 0 aromatic carbocycles. The van der Waals surface area contributed by atoms with E-state index < -0.39 is 12.1 Å². The molecule has 2 unspecified atom stereocenters. The largest absolute Gasteiger partial charge is 0.466 e. The second kappa shape index (κ2) is 57.7. The minimum atomic E-state index is -0.862. The molecule has 0 aliphatic rings. The van der Waals surface area contributed by atoms with E-state index in [4.69, 9.17) is 4.74 Å². The zero-order chi connectivity index (χ0) is 49.3. The smallest absolute Gasteiger partial charge is 0.305 e. The maximum absolute atomic E-state index is 12.5. The zero-order valence-corrected chi connectivity index (χ0v) is 45.6. The summed E-state index contributed by atoms with van der Waals surface area (Å²) in [6, 6.07) is -0.648. The summed E-state index contributed by atoms with van der Waals surface area (Å²) in [4.78, 5) is 24.6. The highest BCUT2D eigenvalue weighted by Crippen LogP contribution is 2.17. The summed E-state index contributed by atoms with van der Waals surface area (Å²) in [5, 5.41) is 23.2. The van der Waals surface area contributed by atoms with E-state index in [1.165, 1.54) is 212 Å². The number of hydrogen-bond acceptors (Lipinski definition) is 5. The van der Waals surface area contributed by atoms with Crippen molar-refractivity contribution in [2.75, 3.05) is 13.2 Å². The molecule has 0 heterocycles. The number of aliphatic hydroxyl groups excluding tert-OH is 2. The van der Waals surface area contributed by atoms with Gasteiger partial charge in [0.25, 0.3) is 0 Å². The molecule has 0 fully saturated rings. The molecule has 0 spiro atoms. The molecule has 0 bridgehead atoms. The average Bonchev–Trinajstić information content (AvgIpc) is 3.34. The van der Waals surface area contributed by atoms with E-state index in [0.29, 0.717) is 19.4 Å². The van der Waals surface area contributed by atoms with Crippen LogP contribution in [0.3, 0.4) is 0 Å². The average molecular weight is 957 g/mol. The normalized spacial score (nSPS) is 12.8. The number of hydrogen-bond donors (Lipinski definition) is 3. The fraction of sp³-hybridized carbons (Fsp3) is 0.871. The predicted molar refractivity (Wildman–Crippen MR) is 296 cm³/mol. The highest BCUT2D eigenvalue weighted by Gasteiger charge is 2.18. The SMILES string of the molecule is CCCCCCCC/C=C\CCCCCCCCCC(=O)OCCCCC/C=C\CCCCCCCC(=O)NC(CO)C(O)/C=C/CCCCCCCCCCCCCCCCCCCCCC. The summed E-state index contributed by atoms with van der Waals surface area (Å²) >= 11 is 0. The monoisotopic (exact) mass is 956 g/mol. The molecule has 400 valence electrons. The lowest BCUT2D eigenvalue weighted by molar-refractivity contribution is -0.143. The van der Waals surface area contributed by atoms with Crippen LogP contribution in [0.25, 0.3) is 0 Å². The first-order valence-electron chi connectivity index (χ1n) is 30.3. The van der Waals surface area contributed by atoms with Gasteiger partial charge < -0.3 is 20.3 Å². The van der Waals surface area contributed by atoms with Crippen molar-refractivity contribution in [1.29, 1.82) is 0 Å². The number of unbranched alkanes of at least 4 members (excludes halogenated alkanes) is 41. The van der Waals surface area contributed by atoms with Gasteiger partial charge in [-0.25, -0.2) is 0 Å². The van der Waals surface area contributed by atoms with E-state index in [1.807, 2.05) is 6.08 Å². The van der Waals surface area contributed by atoms with Crippen molar-refractivity contribution in [1.82, 2.24) is 5.32 Å². The third-order valence-electron chi connectivity index (χ3n) is 13.9. The summed E-state index contributed by atoms with van der Waals surface area (Å²) in [6.07, 6.45) is 71.7. The Morgan fingerprint density at radius 1 is 0.397 bits per heavy atom. The van der Waals surface area contributed by atoms with Crippen LogP contribution in [0.1, 0.15) is 322 Å². The number of amides is 1. The van der Waals surface area contributed by atoms with Crippen LogP contribution in [0.15, 0.2) is 36.5 Å². The molecule has 0 saturated heterocycles. The molecule has 68 heavy (non-hydrogen) atoms. The Hall–Kier alpha value is -1.92. The molecule has 0 aromatic heterocycles. The van der Waals surface area contributed by atoms with Crippen molar-refractivity contribution < 1.29 is 24.5 Å². The van der Waals surface area contributed by atoms with E-state index in [0.717, 1.165) is 83.5 Å². The van der Waals surface area contributed by atoms with E-state index in [-0.39, 0.29) is 18.5 Å². The van der Waals surface area contributed by atoms with Crippen LogP contribution < -0.4 is 5.32 Å². The quantitative estimate of drug-likeness (QED) is 0.0321. The number of nitrogens with one attached hydrogen (secondary N) is 1. The van der Waals surface area contributed by atoms with E-state index in [1.54, 1.807) is 6.08 Å². The van der Waals surface area contributed by atoms with Gasteiger partial charge in [-0.3, -0.25) is 9.59 Å². The summed E-state index contributed by atoms with van der Waals surface area (Å²) in [7, 11) is 0. The first-order chi connectivity index (χ1) is 33.5. The second-order valence-electron chi connectivity index (χ2n) is 20.7. The summed E-state index contributed by atoms with van der Waals surface area (Å²) in [5.74, 6) is -0.119. The van der Waals surface area contributed by atoms with Gasteiger partial charge in [-0.1, -0.05) is 256 Å². The van der Waals surface area contributed by atoms with Gasteiger partial charge >= 0.3 is 5.97 Å². The number of carbonyl (C=O) groups is 2. The Morgan fingerprint density at radius 2 is 0.691 bits per heavy atom. The fourth-order valence-corrected chi connectivity index (χ4v) is 9.21. The highest BCUT2D eigenvalue weighted by molar-refractivity contribution is 5.76. The number of rotatable bonds is 56. The van der Waals surface area contributed by atoms with E-state index in [9.17, 15) is 19.8 Å². The van der Waals surface area contributed by atoms with Gasteiger partial charge in [-0.2, -0.15) is 0 Å². The van der Waals surface area contributed by atoms with Crippen LogP contribution >= 0.6 is 0 Å². The second-order valence-corrected chi connectivity index (χ2v) is 20.7. The highest BCUT2D eigenvalue weighted by atomic mass is 16.5. The fourth-order valence-electron chi connectivity index (χ4n) is 9.21. The van der Waals surface area contributed by atoms with Gasteiger partial charge in [-0.15, -0.1) is 0 Å².